The predicted molar refractivity (Wildman–Crippen MR) is 112 cm³/mol. The molecule has 0 spiro atoms. The molecule has 2 aromatic rings. The Morgan fingerprint density at radius 2 is 2.03 bits per heavy atom. The van der Waals surface area contributed by atoms with Crippen LogP contribution in [0.5, 0.6) is 0 Å². The van der Waals surface area contributed by atoms with Gasteiger partial charge in [-0.25, -0.2) is 23.4 Å². The lowest BCUT2D eigenvalue weighted by Gasteiger charge is -2.34. The summed E-state index contributed by atoms with van der Waals surface area (Å²) in [6.07, 6.45) is 5.71. The molecular formula is C18H25ClN6O4S. The topological polar surface area (TPSA) is 133 Å². The van der Waals surface area contributed by atoms with E-state index in [9.17, 15) is 13.5 Å². The lowest BCUT2D eigenvalue weighted by molar-refractivity contribution is 0.0950. The summed E-state index contributed by atoms with van der Waals surface area (Å²) in [6, 6.07) is -0.378. The third-order valence-electron chi connectivity index (χ3n) is 5.52. The van der Waals surface area contributed by atoms with Crippen molar-refractivity contribution in [3.05, 3.63) is 23.3 Å². The highest BCUT2D eigenvalue weighted by Crippen LogP contribution is 2.31. The maximum absolute atomic E-state index is 11.7. The van der Waals surface area contributed by atoms with Gasteiger partial charge in [-0.3, -0.25) is 0 Å². The van der Waals surface area contributed by atoms with E-state index in [4.69, 9.17) is 16.0 Å². The maximum Gasteiger partial charge on any atom is 0.223 e. The number of oxazole rings is 1. The number of anilines is 1. The summed E-state index contributed by atoms with van der Waals surface area (Å²) in [7, 11) is -3.34. The van der Waals surface area contributed by atoms with Crippen molar-refractivity contribution in [2.75, 3.05) is 37.8 Å². The fourth-order valence-electron chi connectivity index (χ4n) is 3.80. The monoisotopic (exact) mass is 456 g/mol. The Balaban J connectivity index is 1.48. The Morgan fingerprint density at radius 3 is 2.73 bits per heavy atom. The van der Waals surface area contributed by atoms with E-state index in [1.165, 1.54) is 10.5 Å². The van der Waals surface area contributed by atoms with E-state index in [0.717, 1.165) is 32.2 Å². The minimum absolute atomic E-state index is 0.0264. The van der Waals surface area contributed by atoms with Gasteiger partial charge in [0, 0.05) is 19.0 Å². The van der Waals surface area contributed by atoms with Crippen LogP contribution >= 0.6 is 11.6 Å². The van der Waals surface area contributed by atoms with Crippen LogP contribution in [-0.4, -0.2) is 77.4 Å². The third kappa shape index (κ3) is 4.75. The number of rotatable bonds is 5. The highest BCUT2D eigenvalue weighted by molar-refractivity contribution is 7.88. The van der Waals surface area contributed by atoms with Crippen molar-refractivity contribution in [2.24, 2.45) is 0 Å². The van der Waals surface area contributed by atoms with E-state index in [1.54, 1.807) is 6.20 Å². The van der Waals surface area contributed by atoms with Crippen LogP contribution in [0.2, 0.25) is 5.02 Å². The van der Waals surface area contributed by atoms with Gasteiger partial charge in [-0.15, -0.1) is 0 Å². The van der Waals surface area contributed by atoms with Gasteiger partial charge in [0.1, 0.15) is 5.69 Å². The van der Waals surface area contributed by atoms with Crippen molar-refractivity contribution in [3.8, 4) is 11.5 Å². The van der Waals surface area contributed by atoms with E-state index in [-0.39, 0.29) is 24.5 Å². The molecule has 2 aromatic heterocycles. The Kier molecular flexibility index (Phi) is 6.26. The number of hydrogen-bond acceptors (Lipinski definition) is 9. The highest BCUT2D eigenvalue weighted by atomic mass is 35.5. The third-order valence-corrected chi connectivity index (χ3v) is 7.06. The molecule has 0 bridgehead atoms. The molecule has 2 saturated heterocycles. The molecule has 0 unspecified atom stereocenters. The number of hydrogen-bond donors (Lipinski definition) is 3. The summed E-state index contributed by atoms with van der Waals surface area (Å²) in [4.78, 5) is 13.1. The van der Waals surface area contributed by atoms with Gasteiger partial charge in [-0.05, 0) is 32.4 Å². The molecule has 2 fully saturated rings. The minimum Gasteiger partial charge on any atom is -0.439 e. The molecule has 12 heteroatoms. The van der Waals surface area contributed by atoms with E-state index >= 15 is 0 Å². The molecule has 164 valence electrons. The smallest absolute Gasteiger partial charge is 0.223 e. The molecule has 30 heavy (non-hydrogen) atoms. The Hall–Kier alpha value is -1.79. The van der Waals surface area contributed by atoms with E-state index in [1.807, 2.05) is 0 Å². The van der Waals surface area contributed by atoms with Crippen molar-refractivity contribution in [2.45, 2.75) is 37.3 Å². The van der Waals surface area contributed by atoms with Crippen molar-refractivity contribution in [3.63, 3.8) is 0 Å². The fourth-order valence-corrected chi connectivity index (χ4v) is 4.85. The van der Waals surface area contributed by atoms with Crippen LogP contribution < -0.4 is 10.6 Å². The zero-order valence-corrected chi connectivity index (χ0v) is 18.2. The van der Waals surface area contributed by atoms with Crippen LogP contribution in [0.4, 0.5) is 5.95 Å². The van der Waals surface area contributed by atoms with Crippen LogP contribution in [-0.2, 0) is 10.0 Å². The number of aromatic nitrogens is 3. The van der Waals surface area contributed by atoms with Gasteiger partial charge < -0.3 is 20.2 Å². The Bertz CT molecular complexity index is 994. The minimum atomic E-state index is -3.34. The maximum atomic E-state index is 11.7. The number of aliphatic hydroxyl groups excluding tert-OH is 1. The second kappa shape index (κ2) is 8.75. The van der Waals surface area contributed by atoms with Gasteiger partial charge in [0.25, 0.3) is 0 Å². The molecule has 0 aromatic carbocycles. The number of sulfonamides is 1. The first-order chi connectivity index (χ1) is 14.3. The Morgan fingerprint density at radius 1 is 1.27 bits per heavy atom. The first kappa shape index (κ1) is 21.4. The largest absolute Gasteiger partial charge is 0.439 e. The second-order valence-corrected chi connectivity index (χ2v) is 10.1. The summed E-state index contributed by atoms with van der Waals surface area (Å²) < 4.78 is 30.6. The number of aliphatic hydroxyl groups is 1. The summed E-state index contributed by atoms with van der Waals surface area (Å²) in [5.74, 6) is 1.70. The molecule has 2 aliphatic rings. The lowest BCUT2D eigenvalue weighted by Crippen LogP contribution is -2.51. The first-order valence-electron chi connectivity index (χ1n) is 9.90. The van der Waals surface area contributed by atoms with Gasteiger partial charge in [0.15, 0.2) is 11.7 Å². The van der Waals surface area contributed by atoms with Crippen molar-refractivity contribution >= 4 is 27.6 Å². The molecule has 4 heterocycles. The molecule has 0 saturated carbocycles. The first-order valence-corrected chi connectivity index (χ1v) is 12.1. The number of β-amino-alcohol motifs (C(OH)–C–C–N with tert-alkyl or cyclic N) is 1. The quantitative estimate of drug-likeness (QED) is 0.603. The number of nitrogens with one attached hydrogen (secondary N) is 2. The molecule has 3 N–H and O–H groups in total. The van der Waals surface area contributed by atoms with Crippen LogP contribution in [0.15, 0.2) is 16.8 Å². The van der Waals surface area contributed by atoms with E-state index in [2.05, 4.69) is 25.6 Å². The lowest BCUT2D eigenvalue weighted by atomic mass is 9.98. The molecule has 0 radical (unpaired) electrons. The van der Waals surface area contributed by atoms with Gasteiger partial charge in [0.2, 0.25) is 16.0 Å². The van der Waals surface area contributed by atoms with Crippen molar-refractivity contribution in [1.82, 2.24) is 24.6 Å². The van der Waals surface area contributed by atoms with Gasteiger partial charge in [0.05, 0.1) is 35.8 Å². The average molecular weight is 457 g/mol. The van der Waals surface area contributed by atoms with Gasteiger partial charge in [-0.2, -0.15) is 4.31 Å². The SMILES string of the molecule is CS(=O)(=O)N1CC[C@@H](Nc2ncc(Cl)c(-c3cnc(C4CCNCC4)o3)n2)[C@H](O)C1. The Labute approximate surface area is 180 Å². The molecule has 0 amide bonds. The average Bonchev–Trinajstić information content (AvgIpc) is 3.21. The fraction of sp³-hybridized carbons (Fsp3) is 0.611. The van der Waals surface area contributed by atoms with E-state index < -0.39 is 16.1 Å². The number of piperidine rings is 2. The summed E-state index contributed by atoms with van der Waals surface area (Å²) in [5.41, 5.74) is 0.421. The van der Waals surface area contributed by atoms with E-state index in [0.29, 0.717) is 35.3 Å². The molecule has 2 aliphatic heterocycles. The van der Waals surface area contributed by atoms with Gasteiger partial charge in [-0.1, -0.05) is 11.6 Å². The standard InChI is InChI=1S/C18H25ClN6O4S/c1-30(27,28)25-7-4-13(14(26)10-25)23-18-22-8-12(19)16(24-18)15-9-21-17(29-15)11-2-5-20-6-3-11/h8-9,11,13-14,20,26H,2-7,10H2,1H3,(H,22,23,24)/t13-,14-/m1/s1. The molecular weight excluding hydrogens is 432 g/mol. The predicted octanol–water partition coefficient (Wildman–Crippen LogP) is 1.06. The number of halogens is 1. The van der Waals surface area contributed by atoms with Crippen LogP contribution in [0.1, 0.15) is 31.1 Å². The second-order valence-electron chi connectivity index (χ2n) is 7.71. The molecule has 0 aliphatic carbocycles. The zero-order chi connectivity index (χ0) is 21.3. The summed E-state index contributed by atoms with van der Waals surface area (Å²) in [5, 5.41) is 17.1. The van der Waals surface area contributed by atoms with Gasteiger partial charge >= 0.3 is 0 Å². The van der Waals surface area contributed by atoms with Crippen molar-refractivity contribution in [1.29, 1.82) is 0 Å². The zero-order valence-electron chi connectivity index (χ0n) is 16.6. The normalized spacial score (nSPS) is 24.1. The summed E-state index contributed by atoms with van der Waals surface area (Å²) in [6.45, 7) is 2.21. The number of nitrogens with zero attached hydrogens (tertiary/aromatic N) is 4. The molecule has 4 rings (SSSR count). The molecule has 2 atom stereocenters. The summed E-state index contributed by atoms with van der Waals surface area (Å²) >= 11 is 6.29. The van der Waals surface area contributed by atoms with Crippen LogP contribution in [0.3, 0.4) is 0 Å². The van der Waals surface area contributed by atoms with Crippen LogP contribution in [0, 0.1) is 0 Å². The highest BCUT2D eigenvalue weighted by Gasteiger charge is 2.32. The van der Waals surface area contributed by atoms with Crippen molar-refractivity contribution < 1.29 is 17.9 Å². The molecule has 10 nitrogen and oxygen atoms in total. The van der Waals surface area contributed by atoms with Crippen LogP contribution in [0.25, 0.3) is 11.5 Å².